The van der Waals surface area contributed by atoms with Gasteiger partial charge >= 0.3 is 6.09 Å². The molecule has 0 radical (unpaired) electrons. The average Bonchev–Trinajstić information content (AvgIpc) is 3.69. The van der Waals surface area contributed by atoms with E-state index in [0.717, 1.165) is 4.90 Å². The van der Waals surface area contributed by atoms with Crippen LogP contribution < -0.4 is 9.63 Å². The molecule has 1 amide bonds. The van der Waals surface area contributed by atoms with Crippen molar-refractivity contribution in [3.8, 4) is 28.1 Å². The largest absolute Gasteiger partial charge is 0.618 e. The monoisotopic (exact) mass is 578 g/mol. The van der Waals surface area contributed by atoms with Gasteiger partial charge in [-0.3, -0.25) is 4.90 Å². The zero-order valence-corrected chi connectivity index (χ0v) is 22.3. The number of aromatic nitrogens is 7. The molecule has 5 aromatic rings. The van der Waals surface area contributed by atoms with Crippen LogP contribution in [0.1, 0.15) is 23.5 Å². The second kappa shape index (κ2) is 9.59. The van der Waals surface area contributed by atoms with E-state index in [0.29, 0.717) is 60.5 Å². The number of H-pyrrole nitrogens is 1. The van der Waals surface area contributed by atoms with Crippen molar-refractivity contribution in [1.29, 1.82) is 0 Å². The Kier molecular flexibility index (Phi) is 6.17. The number of aryl methyl sites for hydroxylation is 1. The molecule has 1 aliphatic rings. The Bertz CT molecular complexity index is 1770. The number of hydrogen-bond acceptors (Lipinski definition) is 7. The van der Waals surface area contributed by atoms with E-state index in [-0.39, 0.29) is 17.9 Å². The van der Waals surface area contributed by atoms with Gasteiger partial charge in [0.05, 0.1) is 22.6 Å². The maximum Gasteiger partial charge on any atom is 0.411 e. The van der Waals surface area contributed by atoms with Gasteiger partial charge in [-0.1, -0.05) is 23.2 Å². The third-order valence-corrected chi connectivity index (χ3v) is 7.56. The summed E-state index contributed by atoms with van der Waals surface area (Å²) in [6.45, 7) is 0. The maximum absolute atomic E-state index is 13.4. The molecule has 0 saturated heterocycles. The van der Waals surface area contributed by atoms with Crippen molar-refractivity contribution in [2.45, 2.75) is 18.4 Å². The zero-order valence-electron chi connectivity index (χ0n) is 20.8. The lowest BCUT2D eigenvalue weighted by Gasteiger charge is -2.20. The third kappa shape index (κ3) is 4.22. The Balaban J connectivity index is 1.37. The van der Waals surface area contributed by atoms with E-state index in [9.17, 15) is 20.2 Å². The fourth-order valence-corrected chi connectivity index (χ4v) is 5.45. The minimum Gasteiger partial charge on any atom is -0.618 e. The number of hydrogen-bond donors (Lipinski definition) is 3. The Morgan fingerprint density at radius 3 is 2.75 bits per heavy atom. The van der Waals surface area contributed by atoms with Crippen LogP contribution in [0.2, 0.25) is 10.0 Å². The molecule has 40 heavy (non-hydrogen) atoms. The lowest BCUT2D eigenvalue weighted by atomic mass is 9.98. The summed E-state index contributed by atoms with van der Waals surface area (Å²) < 4.78 is 2.14. The number of carbonyl (C=O) groups is 1. The van der Waals surface area contributed by atoms with Crippen molar-refractivity contribution in [3.63, 3.8) is 0 Å². The number of amides is 1. The number of halogens is 2. The van der Waals surface area contributed by atoms with E-state index >= 15 is 0 Å². The van der Waals surface area contributed by atoms with Crippen LogP contribution in [0.3, 0.4) is 0 Å². The van der Waals surface area contributed by atoms with Crippen molar-refractivity contribution >= 4 is 35.0 Å². The van der Waals surface area contributed by atoms with Gasteiger partial charge in [0.1, 0.15) is 12.2 Å². The molecule has 14 heteroatoms. The smallest absolute Gasteiger partial charge is 0.411 e. The number of nitrogens with one attached hydrogen (secondary N) is 1. The molecule has 3 N–H and O–H groups in total. The number of aromatic amines is 1. The number of aliphatic hydroxyl groups is 1. The van der Waals surface area contributed by atoms with Crippen molar-refractivity contribution in [2.75, 3.05) is 11.9 Å². The molecule has 0 spiro atoms. The van der Waals surface area contributed by atoms with E-state index in [1.807, 2.05) is 6.07 Å². The minimum absolute atomic E-state index is 0.174. The minimum atomic E-state index is -1.67. The summed E-state index contributed by atoms with van der Waals surface area (Å²) in [7, 11) is 1.41. The van der Waals surface area contributed by atoms with Gasteiger partial charge in [0.25, 0.3) is 0 Å². The average molecular weight is 579 g/mol. The summed E-state index contributed by atoms with van der Waals surface area (Å²) in [4.78, 5) is 19.8. The molecule has 3 aromatic heterocycles. The van der Waals surface area contributed by atoms with Crippen LogP contribution in [0.15, 0.2) is 61.2 Å². The predicted molar refractivity (Wildman–Crippen MR) is 145 cm³/mol. The second-order valence-electron chi connectivity index (χ2n) is 9.36. The number of benzene rings is 2. The first-order chi connectivity index (χ1) is 19.2. The van der Waals surface area contributed by atoms with Gasteiger partial charge in [-0.05, 0) is 65.7 Å². The summed E-state index contributed by atoms with van der Waals surface area (Å²) in [5.41, 5.74) is 2.50. The lowest BCUT2D eigenvalue weighted by molar-refractivity contribution is -0.620. The lowest BCUT2D eigenvalue weighted by Crippen LogP contribution is -2.42. The van der Waals surface area contributed by atoms with Gasteiger partial charge in [-0.25, -0.2) is 9.78 Å². The van der Waals surface area contributed by atoms with Gasteiger partial charge in [0.15, 0.2) is 6.20 Å². The standard InChI is InChI=1S/C26H20Cl2N8O4/c1-34(25(37)38)17-3-4-18(20(28)10-17)21-11-29-24(31-21)26(39)7-6-14-8-15(12-36(40)23(14)26)19-9-16(27)2-5-22(19)35-13-30-32-33-35/h2-5,8-13,39H,6-7H2,1H3,(H,29,31)(H,37,38). The highest BCUT2D eigenvalue weighted by Crippen LogP contribution is 2.42. The summed E-state index contributed by atoms with van der Waals surface area (Å²) >= 11 is 12.7. The predicted octanol–water partition coefficient (Wildman–Crippen LogP) is 3.96. The van der Waals surface area contributed by atoms with E-state index in [4.69, 9.17) is 23.2 Å². The Labute approximate surface area is 236 Å². The van der Waals surface area contributed by atoms with Gasteiger partial charge < -0.3 is 20.4 Å². The van der Waals surface area contributed by atoms with Crippen molar-refractivity contribution in [2.24, 2.45) is 0 Å². The molecule has 2 aromatic carbocycles. The quantitative estimate of drug-likeness (QED) is 0.208. The van der Waals surface area contributed by atoms with Crippen LogP contribution in [0, 0.1) is 5.21 Å². The second-order valence-corrected chi connectivity index (χ2v) is 10.2. The van der Waals surface area contributed by atoms with Crippen LogP contribution >= 0.6 is 23.2 Å². The van der Waals surface area contributed by atoms with Gasteiger partial charge in [0.2, 0.25) is 11.3 Å². The summed E-state index contributed by atoms with van der Waals surface area (Å²) in [6, 6.07) is 11.8. The number of carboxylic acid groups (broad SMARTS) is 1. The zero-order chi connectivity index (χ0) is 28.2. The fraction of sp³-hybridized carbons (Fsp3) is 0.154. The molecule has 0 bridgehead atoms. The molecule has 3 heterocycles. The normalized spacial score (nSPS) is 16.2. The van der Waals surface area contributed by atoms with Crippen molar-refractivity contribution < 1.29 is 19.7 Å². The summed E-state index contributed by atoms with van der Waals surface area (Å²) in [5.74, 6) is 0.193. The van der Waals surface area contributed by atoms with Gasteiger partial charge in [-0.15, -0.1) is 5.10 Å². The fourth-order valence-electron chi connectivity index (χ4n) is 5.00. The molecule has 1 aliphatic carbocycles. The molecule has 0 fully saturated rings. The third-order valence-electron chi connectivity index (χ3n) is 7.01. The van der Waals surface area contributed by atoms with E-state index in [1.165, 1.54) is 36.5 Å². The molecular weight excluding hydrogens is 559 g/mol. The highest BCUT2D eigenvalue weighted by Gasteiger charge is 2.48. The highest BCUT2D eigenvalue weighted by atomic mass is 35.5. The molecule has 1 unspecified atom stereocenters. The first-order valence-electron chi connectivity index (χ1n) is 12.0. The molecule has 12 nitrogen and oxygen atoms in total. The summed E-state index contributed by atoms with van der Waals surface area (Å²) in [6.07, 6.45) is 3.88. The van der Waals surface area contributed by atoms with Crippen LogP contribution in [0.25, 0.3) is 28.1 Å². The van der Waals surface area contributed by atoms with Crippen LogP contribution in [-0.4, -0.2) is 53.5 Å². The van der Waals surface area contributed by atoms with E-state index in [2.05, 4.69) is 25.5 Å². The molecule has 0 saturated carbocycles. The number of pyridine rings is 1. The van der Waals surface area contributed by atoms with Gasteiger partial charge in [-0.2, -0.15) is 9.41 Å². The number of anilines is 1. The molecular formula is C26H20Cl2N8O4. The number of rotatable bonds is 5. The number of nitrogens with zero attached hydrogens (tertiary/aromatic N) is 7. The molecule has 6 rings (SSSR count). The first-order valence-corrected chi connectivity index (χ1v) is 12.8. The highest BCUT2D eigenvalue weighted by molar-refractivity contribution is 6.33. The number of tetrazole rings is 1. The van der Waals surface area contributed by atoms with Crippen molar-refractivity contribution in [1.82, 2.24) is 30.2 Å². The van der Waals surface area contributed by atoms with Crippen molar-refractivity contribution in [3.05, 3.63) is 93.5 Å². The molecule has 1 atom stereocenters. The Morgan fingerprint density at radius 1 is 1.20 bits per heavy atom. The first kappa shape index (κ1) is 25.7. The van der Waals surface area contributed by atoms with E-state index < -0.39 is 11.7 Å². The van der Waals surface area contributed by atoms with Crippen LogP contribution in [-0.2, 0) is 12.0 Å². The van der Waals surface area contributed by atoms with E-state index in [1.54, 1.807) is 30.3 Å². The SMILES string of the molecule is CN(C(=O)O)c1ccc(-c2cnc(C3(O)CCc4cc(-c5cc(Cl)ccc5-n5cnnn5)c[n+]([O-])c43)[nH]2)c(Cl)c1. The Morgan fingerprint density at radius 2 is 2.02 bits per heavy atom. The molecule has 0 aliphatic heterocycles. The Hall–Kier alpha value is -4.52. The maximum atomic E-state index is 13.4. The van der Waals surface area contributed by atoms with Crippen LogP contribution in [0.5, 0.6) is 0 Å². The molecule has 202 valence electrons. The van der Waals surface area contributed by atoms with Crippen LogP contribution in [0.4, 0.5) is 10.5 Å². The topological polar surface area (TPSA) is 160 Å². The number of fused-ring (bicyclic) bond motifs is 1. The summed E-state index contributed by atoms with van der Waals surface area (Å²) in [5, 5.41) is 46.5. The number of imidazole rings is 1. The van der Waals surface area contributed by atoms with Gasteiger partial charge in [0, 0.05) is 40.0 Å².